The van der Waals surface area contributed by atoms with E-state index < -0.39 is 29.7 Å². The minimum absolute atomic E-state index is 0.00408. The smallest absolute Gasteiger partial charge is 0.416 e. The number of carbonyl (C=O) groups excluding carboxylic acids is 2. The van der Waals surface area contributed by atoms with Crippen LogP contribution in [0, 0.1) is 0 Å². The Kier molecular flexibility index (Phi) is 4.35. The Bertz CT molecular complexity index is 821. The van der Waals surface area contributed by atoms with E-state index in [1.807, 2.05) is 0 Å². The first-order valence-electron chi connectivity index (χ1n) is 7.37. The number of fused-ring (bicyclic) bond motifs is 1. The maximum Gasteiger partial charge on any atom is 0.416 e. The number of ether oxygens (including phenoxy) is 1. The van der Waals surface area contributed by atoms with E-state index in [1.165, 1.54) is 12.1 Å². The van der Waals surface area contributed by atoms with Gasteiger partial charge in [-0.2, -0.15) is 13.2 Å². The quantitative estimate of drug-likeness (QED) is 0.657. The fourth-order valence-corrected chi connectivity index (χ4v) is 2.41. The lowest BCUT2D eigenvalue weighted by atomic mass is 10.1. The number of para-hydroxylation sites is 2. The second kappa shape index (κ2) is 6.46. The normalized spacial score (nSPS) is 16.4. The first-order valence-corrected chi connectivity index (χ1v) is 7.37. The van der Waals surface area contributed by atoms with Gasteiger partial charge in [-0.3, -0.25) is 4.79 Å². The first-order chi connectivity index (χ1) is 11.8. The molecule has 0 saturated heterocycles. The number of benzene rings is 2. The minimum atomic E-state index is -4.50. The highest BCUT2D eigenvalue weighted by Crippen LogP contribution is 2.31. The van der Waals surface area contributed by atoms with E-state index in [0.29, 0.717) is 11.4 Å². The van der Waals surface area contributed by atoms with Gasteiger partial charge < -0.3 is 15.4 Å². The van der Waals surface area contributed by atoms with Gasteiger partial charge >= 0.3 is 12.1 Å². The molecule has 1 atom stereocenters. The molecule has 130 valence electrons. The molecule has 0 aromatic heterocycles. The van der Waals surface area contributed by atoms with Crippen molar-refractivity contribution in [2.45, 2.75) is 18.6 Å². The number of alkyl halides is 3. The molecule has 0 aliphatic carbocycles. The molecular weight excluding hydrogens is 337 g/mol. The molecule has 0 saturated carbocycles. The third-order valence-electron chi connectivity index (χ3n) is 3.58. The zero-order valence-electron chi connectivity index (χ0n) is 12.8. The number of anilines is 2. The Morgan fingerprint density at radius 3 is 2.68 bits per heavy atom. The highest BCUT2D eigenvalue weighted by Gasteiger charge is 2.31. The highest BCUT2D eigenvalue weighted by atomic mass is 19.4. The number of carbonyl (C=O) groups is 2. The molecule has 1 heterocycles. The third kappa shape index (κ3) is 3.90. The summed E-state index contributed by atoms with van der Waals surface area (Å²) in [6.07, 6.45) is -4.78. The maximum absolute atomic E-state index is 12.7. The van der Waals surface area contributed by atoms with Gasteiger partial charge in [0, 0.05) is 5.69 Å². The Morgan fingerprint density at radius 2 is 1.92 bits per heavy atom. The fourth-order valence-electron chi connectivity index (χ4n) is 2.41. The number of esters is 1. The zero-order chi connectivity index (χ0) is 18.0. The number of rotatable bonds is 3. The molecule has 0 radical (unpaired) electrons. The Morgan fingerprint density at radius 1 is 1.16 bits per heavy atom. The number of nitrogens with one attached hydrogen (secondary N) is 2. The van der Waals surface area contributed by atoms with Crippen LogP contribution in [0.3, 0.4) is 0 Å². The Hall–Kier alpha value is -3.03. The van der Waals surface area contributed by atoms with Crippen LogP contribution < -0.4 is 15.4 Å². The summed E-state index contributed by atoms with van der Waals surface area (Å²) < 4.78 is 43.2. The lowest BCUT2D eigenvalue weighted by Crippen LogP contribution is -2.39. The topological polar surface area (TPSA) is 67.4 Å². The second-order valence-electron chi connectivity index (χ2n) is 5.45. The standard InChI is InChI=1S/C17H13F3N2O3/c18-17(19,20)10-4-3-5-11(8-10)21-15(23)9-13-16(24)25-14-7-2-1-6-12(14)22-13/h1-8,13,22H,9H2,(H,21,23)/t13-/m1/s1. The van der Waals surface area contributed by atoms with E-state index in [2.05, 4.69) is 10.6 Å². The zero-order valence-corrected chi connectivity index (χ0v) is 12.8. The SMILES string of the molecule is O=C(C[C@H]1Nc2ccccc2OC1=O)Nc1cccc(C(F)(F)F)c1. The summed E-state index contributed by atoms with van der Waals surface area (Å²) in [5.41, 5.74) is -0.294. The molecule has 3 rings (SSSR count). The highest BCUT2D eigenvalue weighted by molar-refractivity contribution is 5.97. The van der Waals surface area contributed by atoms with Crippen LogP contribution in [0.2, 0.25) is 0 Å². The van der Waals surface area contributed by atoms with E-state index in [4.69, 9.17) is 4.74 Å². The van der Waals surface area contributed by atoms with Gasteiger partial charge in [-0.1, -0.05) is 18.2 Å². The number of amides is 1. The van der Waals surface area contributed by atoms with Crippen LogP contribution in [-0.4, -0.2) is 17.9 Å². The maximum atomic E-state index is 12.7. The largest absolute Gasteiger partial charge is 0.423 e. The van der Waals surface area contributed by atoms with Crippen LogP contribution in [0.4, 0.5) is 24.5 Å². The van der Waals surface area contributed by atoms with Gasteiger partial charge in [0.15, 0.2) is 5.75 Å². The molecule has 1 amide bonds. The van der Waals surface area contributed by atoms with Crippen LogP contribution >= 0.6 is 0 Å². The van der Waals surface area contributed by atoms with Crippen molar-refractivity contribution in [3.05, 3.63) is 54.1 Å². The van der Waals surface area contributed by atoms with E-state index in [-0.39, 0.29) is 12.1 Å². The van der Waals surface area contributed by atoms with Crippen molar-refractivity contribution in [3.63, 3.8) is 0 Å². The molecule has 2 aromatic carbocycles. The average molecular weight is 350 g/mol. The van der Waals surface area contributed by atoms with Crippen LogP contribution in [0.1, 0.15) is 12.0 Å². The number of hydrogen-bond acceptors (Lipinski definition) is 4. The summed E-state index contributed by atoms with van der Waals surface area (Å²) >= 11 is 0. The predicted molar refractivity (Wildman–Crippen MR) is 84.2 cm³/mol. The van der Waals surface area contributed by atoms with Crippen molar-refractivity contribution in [2.24, 2.45) is 0 Å². The van der Waals surface area contributed by atoms with Gasteiger partial charge in [-0.05, 0) is 30.3 Å². The van der Waals surface area contributed by atoms with Crippen molar-refractivity contribution < 1.29 is 27.5 Å². The molecule has 0 spiro atoms. The molecule has 1 aliphatic rings. The van der Waals surface area contributed by atoms with Crippen LogP contribution in [-0.2, 0) is 15.8 Å². The molecular formula is C17H13F3N2O3. The van der Waals surface area contributed by atoms with Crippen molar-refractivity contribution in [2.75, 3.05) is 10.6 Å². The van der Waals surface area contributed by atoms with Crippen LogP contribution in [0.15, 0.2) is 48.5 Å². The van der Waals surface area contributed by atoms with E-state index in [1.54, 1.807) is 24.3 Å². The van der Waals surface area contributed by atoms with Gasteiger partial charge in [0.25, 0.3) is 0 Å². The summed E-state index contributed by atoms with van der Waals surface area (Å²) in [4.78, 5) is 24.0. The van der Waals surface area contributed by atoms with Gasteiger partial charge in [0.1, 0.15) is 6.04 Å². The van der Waals surface area contributed by atoms with E-state index in [9.17, 15) is 22.8 Å². The predicted octanol–water partition coefficient (Wildman–Crippen LogP) is 3.43. The summed E-state index contributed by atoms with van der Waals surface area (Å²) in [5.74, 6) is -0.868. The number of halogens is 3. The summed E-state index contributed by atoms with van der Waals surface area (Å²) in [5, 5.41) is 5.24. The molecule has 25 heavy (non-hydrogen) atoms. The second-order valence-corrected chi connectivity index (χ2v) is 5.45. The molecule has 1 aliphatic heterocycles. The third-order valence-corrected chi connectivity index (χ3v) is 3.58. The van der Waals surface area contributed by atoms with E-state index >= 15 is 0 Å². The molecule has 2 N–H and O–H groups in total. The average Bonchev–Trinajstić information content (AvgIpc) is 2.55. The van der Waals surface area contributed by atoms with Gasteiger partial charge in [-0.25, -0.2) is 4.79 Å². The molecule has 0 fully saturated rings. The van der Waals surface area contributed by atoms with Crippen molar-refractivity contribution in [3.8, 4) is 5.75 Å². The molecule has 2 aromatic rings. The lowest BCUT2D eigenvalue weighted by molar-refractivity contribution is -0.138. The first kappa shape index (κ1) is 16.8. The molecule has 8 heteroatoms. The lowest BCUT2D eigenvalue weighted by Gasteiger charge is -2.25. The van der Waals surface area contributed by atoms with Crippen molar-refractivity contribution in [1.82, 2.24) is 0 Å². The van der Waals surface area contributed by atoms with Gasteiger partial charge in [0.05, 0.1) is 17.7 Å². The monoisotopic (exact) mass is 350 g/mol. The summed E-state index contributed by atoms with van der Waals surface area (Å²) in [6.45, 7) is 0. The number of hydrogen-bond donors (Lipinski definition) is 2. The Labute approximate surface area is 140 Å². The minimum Gasteiger partial charge on any atom is -0.423 e. The molecule has 0 bridgehead atoms. The van der Waals surface area contributed by atoms with Crippen molar-refractivity contribution >= 4 is 23.3 Å². The molecule has 0 unspecified atom stereocenters. The van der Waals surface area contributed by atoms with Crippen LogP contribution in [0.25, 0.3) is 0 Å². The Balaban J connectivity index is 1.66. The molecule has 5 nitrogen and oxygen atoms in total. The fraction of sp³-hybridized carbons (Fsp3) is 0.176. The van der Waals surface area contributed by atoms with Gasteiger partial charge in [0.2, 0.25) is 5.91 Å². The van der Waals surface area contributed by atoms with Crippen molar-refractivity contribution in [1.29, 1.82) is 0 Å². The summed E-state index contributed by atoms with van der Waals surface area (Å²) in [6, 6.07) is 10.1. The van der Waals surface area contributed by atoms with Crippen LogP contribution in [0.5, 0.6) is 5.75 Å². The van der Waals surface area contributed by atoms with Gasteiger partial charge in [-0.15, -0.1) is 0 Å². The summed E-state index contributed by atoms with van der Waals surface area (Å²) in [7, 11) is 0. The van der Waals surface area contributed by atoms with E-state index in [0.717, 1.165) is 12.1 Å².